The zero-order valence-corrected chi connectivity index (χ0v) is 17.3. The molecule has 1 heterocycles. The molecule has 0 saturated carbocycles. The molecule has 7 heteroatoms. The fourth-order valence-corrected chi connectivity index (χ4v) is 3.73. The van der Waals surface area contributed by atoms with Gasteiger partial charge >= 0.3 is 0 Å². The summed E-state index contributed by atoms with van der Waals surface area (Å²) < 4.78 is 5.67. The first kappa shape index (κ1) is 20.7. The zero-order chi connectivity index (χ0) is 21.0. The predicted octanol–water partition coefficient (Wildman–Crippen LogP) is 4.46. The summed E-state index contributed by atoms with van der Waals surface area (Å²) in [4.78, 5) is 38.3. The molecule has 150 valence electrons. The monoisotopic (exact) mass is 410 g/mol. The van der Waals surface area contributed by atoms with Crippen molar-refractivity contribution >= 4 is 40.6 Å². The van der Waals surface area contributed by atoms with E-state index in [1.807, 2.05) is 31.2 Å². The first-order valence-electron chi connectivity index (χ1n) is 9.20. The van der Waals surface area contributed by atoms with E-state index in [-0.39, 0.29) is 29.7 Å². The number of nitrogens with one attached hydrogen (secondary N) is 1. The number of benzene rings is 2. The molecule has 0 unspecified atom stereocenters. The van der Waals surface area contributed by atoms with Crippen LogP contribution in [0.1, 0.15) is 25.0 Å². The van der Waals surface area contributed by atoms with Crippen molar-refractivity contribution in [1.82, 2.24) is 4.90 Å². The smallest absolute Gasteiger partial charge is 0.293 e. The number of aryl methyl sites for hydroxylation is 1. The molecule has 0 aliphatic carbocycles. The molecular weight excluding hydrogens is 388 g/mol. The van der Waals surface area contributed by atoms with E-state index >= 15 is 0 Å². The largest absolute Gasteiger partial charge is 0.483 e. The third-order valence-electron chi connectivity index (χ3n) is 4.24. The lowest BCUT2D eigenvalue weighted by atomic mass is 10.2. The van der Waals surface area contributed by atoms with Crippen molar-refractivity contribution in [3.63, 3.8) is 0 Å². The summed E-state index contributed by atoms with van der Waals surface area (Å²) in [5.74, 6) is -0.145. The maximum Gasteiger partial charge on any atom is 0.293 e. The van der Waals surface area contributed by atoms with Gasteiger partial charge in [0, 0.05) is 17.3 Å². The molecule has 0 atom stereocenters. The molecule has 29 heavy (non-hydrogen) atoms. The second-order valence-corrected chi connectivity index (χ2v) is 7.88. The van der Waals surface area contributed by atoms with Crippen LogP contribution >= 0.6 is 11.8 Å². The van der Waals surface area contributed by atoms with Crippen LogP contribution in [0, 0.1) is 6.92 Å². The predicted molar refractivity (Wildman–Crippen MR) is 115 cm³/mol. The molecule has 1 aliphatic heterocycles. The summed E-state index contributed by atoms with van der Waals surface area (Å²) in [6.07, 6.45) is 1.63. The third-order valence-corrected chi connectivity index (χ3v) is 5.12. The van der Waals surface area contributed by atoms with Crippen LogP contribution in [0.15, 0.2) is 53.4 Å². The number of hydrogen-bond acceptors (Lipinski definition) is 5. The number of rotatable bonds is 6. The van der Waals surface area contributed by atoms with Gasteiger partial charge in [0.25, 0.3) is 17.1 Å². The van der Waals surface area contributed by atoms with Crippen molar-refractivity contribution < 1.29 is 19.1 Å². The fourth-order valence-electron chi connectivity index (χ4n) is 2.77. The highest BCUT2D eigenvalue weighted by Crippen LogP contribution is 2.35. The average molecular weight is 410 g/mol. The van der Waals surface area contributed by atoms with E-state index in [0.29, 0.717) is 21.9 Å². The van der Waals surface area contributed by atoms with E-state index in [0.717, 1.165) is 17.3 Å². The molecule has 3 rings (SSSR count). The van der Waals surface area contributed by atoms with Crippen LogP contribution in [0.3, 0.4) is 0 Å². The lowest BCUT2D eigenvalue weighted by molar-refractivity contribution is -0.123. The Morgan fingerprint density at radius 3 is 2.48 bits per heavy atom. The zero-order valence-electron chi connectivity index (χ0n) is 16.5. The molecule has 0 radical (unpaired) electrons. The minimum Gasteiger partial charge on any atom is -0.483 e. The first-order valence-corrected chi connectivity index (χ1v) is 10.0. The van der Waals surface area contributed by atoms with E-state index < -0.39 is 0 Å². The highest BCUT2D eigenvalue weighted by molar-refractivity contribution is 8.18. The number of amides is 3. The highest BCUT2D eigenvalue weighted by atomic mass is 32.2. The molecule has 1 saturated heterocycles. The van der Waals surface area contributed by atoms with Crippen molar-refractivity contribution in [2.45, 2.75) is 26.8 Å². The molecule has 3 amide bonds. The number of anilines is 1. The molecule has 1 fully saturated rings. The number of carbonyl (C=O) groups is 3. The van der Waals surface area contributed by atoms with Gasteiger partial charge in [-0.15, -0.1) is 0 Å². The Balaban J connectivity index is 1.69. The third kappa shape index (κ3) is 5.06. The van der Waals surface area contributed by atoms with Crippen molar-refractivity contribution in [3.05, 3.63) is 64.6 Å². The van der Waals surface area contributed by atoms with Crippen LogP contribution in [0.5, 0.6) is 5.75 Å². The average Bonchev–Trinajstić information content (AvgIpc) is 2.96. The Kier molecular flexibility index (Phi) is 6.39. The Hall–Kier alpha value is -3.06. The second kappa shape index (κ2) is 8.96. The summed E-state index contributed by atoms with van der Waals surface area (Å²) in [5.41, 5.74) is 2.43. The van der Waals surface area contributed by atoms with Gasteiger partial charge in [0.2, 0.25) is 0 Å². The number of thioether (sulfide) groups is 1. The van der Waals surface area contributed by atoms with Gasteiger partial charge < -0.3 is 10.1 Å². The Bertz CT molecular complexity index is 967. The van der Waals surface area contributed by atoms with Gasteiger partial charge in [-0.3, -0.25) is 19.3 Å². The van der Waals surface area contributed by atoms with Gasteiger partial charge in [-0.2, -0.15) is 0 Å². The lowest BCUT2D eigenvalue weighted by Crippen LogP contribution is -2.34. The maximum absolute atomic E-state index is 12.5. The number of imide groups is 1. The summed E-state index contributed by atoms with van der Waals surface area (Å²) in [7, 11) is 0. The Morgan fingerprint density at radius 2 is 1.83 bits per heavy atom. The van der Waals surface area contributed by atoms with E-state index in [1.54, 1.807) is 44.2 Å². The second-order valence-electron chi connectivity index (χ2n) is 6.89. The molecule has 0 bridgehead atoms. The number of ether oxygens (including phenoxy) is 1. The molecule has 6 nitrogen and oxygen atoms in total. The van der Waals surface area contributed by atoms with Gasteiger partial charge in [-0.25, -0.2) is 0 Å². The van der Waals surface area contributed by atoms with Crippen molar-refractivity contribution in [3.8, 4) is 5.75 Å². The van der Waals surface area contributed by atoms with E-state index in [9.17, 15) is 14.4 Å². The first-order chi connectivity index (χ1) is 13.8. The SMILES string of the molecule is Cc1ccc(NC(=O)COc2ccccc2C=C2SC(=O)N(C(C)C)C2=O)cc1. The van der Waals surface area contributed by atoms with Crippen LogP contribution in [0.25, 0.3) is 6.08 Å². The number of hydrogen-bond donors (Lipinski definition) is 1. The number of carbonyl (C=O) groups excluding carboxylic acids is 3. The molecule has 1 N–H and O–H groups in total. The van der Waals surface area contributed by atoms with Crippen LogP contribution < -0.4 is 10.1 Å². The van der Waals surface area contributed by atoms with Crippen LogP contribution in [-0.4, -0.2) is 34.6 Å². The number of para-hydroxylation sites is 1. The van der Waals surface area contributed by atoms with E-state index in [2.05, 4.69) is 5.32 Å². The topological polar surface area (TPSA) is 75.7 Å². The Labute approximate surface area is 173 Å². The highest BCUT2D eigenvalue weighted by Gasteiger charge is 2.36. The van der Waals surface area contributed by atoms with Gasteiger partial charge in [0.15, 0.2) is 6.61 Å². The van der Waals surface area contributed by atoms with Gasteiger partial charge in [-0.05, 0) is 56.8 Å². The van der Waals surface area contributed by atoms with Crippen molar-refractivity contribution in [1.29, 1.82) is 0 Å². The van der Waals surface area contributed by atoms with E-state index in [4.69, 9.17) is 4.74 Å². The maximum atomic E-state index is 12.5. The molecule has 1 aliphatic rings. The van der Waals surface area contributed by atoms with Crippen LogP contribution in [0.2, 0.25) is 0 Å². The molecule has 0 spiro atoms. The standard InChI is InChI=1S/C22H22N2O4S/c1-14(2)24-21(26)19(29-22(24)27)12-16-6-4-5-7-18(16)28-13-20(25)23-17-10-8-15(3)9-11-17/h4-12,14H,13H2,1-3H3,(H,23,25). The summed E-state index contributed by atoms with van der Waals surface area (Å²) in [6.45, 7) is 5.39. The molecule has 2 aromatic carbocycles. The summed E-state index contributed by atoms with van der Waals surface area (Å²) >= 11 is 0.905. The fraction of sp³-hybridized carbons (Fsp3) is 0.227. The van der Waals surface area contributed by atoms with Gasteiger partial charge in [-0.1, -0.05) is 35.9 Å². The lowest BCUT2D eigenvalue weighted by Gasteiger charge is -2.16. The van der Waals surface area contributed by atoms with Gasteiger partial charge in [0.05, 0.1) is 4.91 Å². The van der Waals surface area contributed by atoms with Gasteiger partial charge in [0.1, 0.15) is 5.75 Å². The Morgan fingerprint density at radius 1 is 1.14 bits per heavy atom. The molecular formula is C22H22N2O4S. The summed E-state index contributed by atoms with van der Waals surface area (Å²) in [6, 6.07) is 14.4. The minimum absolute atomic E-state index is 0.174. The molecule has 2 aromatic rings. The quantitative estimate of drug-likeness (QED) is 0.712. The van der Waals surface area contributed by atoms with Crippen molar-refractivity contribution in [2.75, 3.05) is 11.9 Å². The van der Waals surface area contributed by atoms with E-state index in [1.165, 1.54) is 4.90 Å². The van der Waals surface area contributed by atoms with Crippen LogP contribution in [-0.2, 0) is 9.59 Å². The molecule has 0 aromatic heterocycles. The van der Waals surface area contributed by atoms with Crippen LogP contribution in [0.4, 0.5) is 10.5 Å². The minimum atomic E-state index is -0.318. The number of nitrogens with zero attached hydrogens (tertiary/aromatic N) is 1. The van der Waals surface area contributed by atoms with Crippen molar-refractivity contribution in [2.24, 2.45) is 0 Å². The summed E-state index contributed by atoms with van der Waals surface area (Å²) in [5, 5.41) is 2.49. The normalized spacial score (nSPS) is 15.3.